The molecule has 0 amide bonds. The van der Waals surface area contributed by atoms with Crippen LogP contribution in [0.1, 0.15) is 25.7 Å². The first-order chi connectivity index (χ1) is 35.1. The van der Waals surface area contributed by atoms with Crippen molar-refractivity contribution in [1.29, 1.82) is 0 Å². The second kappa shape index (κ2) is 31.5. The van der Waals surface area contributed by atoms with E-state index in [1.54, 1.807) is 0 Å². The molecule has 0 spiro atoms. The molecule has 4 aliphatic rings. The molecular weight excluding hydrogens is 1010 g/mol. The van der Waals surface area contributed by atoms with Gasteiger partial charge in [-0.1, -0.05) is 12.8 Å². The summed E-state index contributed by atoms with van der Waals surface area (Å²) in [6, 6.07) is 0. The SMILES string of the molecule is OCC(O)C(OC1OC(CO)[C@H](OC2OC(CO)[C@H](O)C(O)C2O)C(O)[C@H]1O)[C@H](O)C(O)CNCCCCCCNC[C@@H](O)C(O)[C@H](OC1OC(CO)C(OC2OC(CO)[C@@H](O)C(O)[C@@H]2O)C(O)[C@@H]1O)C(O)CO. The minimum atomic E-state index is -2.05. The van der Waals surface area contributed by atoms with E-state index in [4.69, 9.17) is 37.9 Å². The molecular formula is C42H80N2O30. The molecule has 28 atom stereocenters. The predicted molar refractivity (Wildman–Crippen MR) is 237 cm³/mol. The number of aliphatic hydroxyl groups is 22. The zero-order chi connectivity index (χ0) is 55.1. The van der Waals surface area contributed by atoms with Crippen LogP contribution in [0.15, 0.2) is 0 Å². The molecule has 74 heavy (non-hydrogen) atoms. The molecule has 4 aliphatic heterocycles. The molecule has 4 saturated heterocycles. The number of aliphatic hydroxyl groups excluding tert-OH is 22. The first-order valence-corrected chi connectivity index (χ1v) is 24.3. The molecule has 32 heteroatoms. The smallest absolute Gasteiger partial charge is 0.187 e. The fourth-order valence-corrected chi connectivity index (χ4v) is 8.68. The molecule has 4 fully saturated rings. The maximum absolute atomic E-state index is 10.9. The van der Waals surface area contributed by atoms with Gasteiger partial charge in [0.1, 0.15) is 134 Å². The van der Waals surface area contributed by atoms with E-state index in [0.29, 0.717) is 38.8 Å². The second-order valence-electron chi connectivity index (χ2n) is 18.6. The number of unbranched alkanes of at least 4 members (excludes halogenated alkanes) is 3. The first kappa shape index (κ1) is 65.2. The minimum Gasteiger partial charge on any atom is -0.394 e. The molecule has 0 aromatic rings. The summed E-state index contributed by atoms with van der Waals surface area (Å²) in [7, 11) is 0. The van der Waals surface area contributed by atoms with Gasteiger partial charge >= 0.3 is 0 Å². The fourth-order valence-electron chi connectivity index (χ4n) is 8.68. The highest BCUT2D eigenvalue weighted by Crippen LogP contribution is 2.33. The monoisotopic (exact) mass is 1090 g/mol. The van der Waals surface area contributed by atoms with Gasteiger partial charge in [-0.3, -0.25) is 0 Å². The zero-order valence-electron chi connectivity index (χ0n) is 40.2. The van der Waals surface area contributed by atoms with Gasteiger partial charge in [0.25, 0.3) is 0 Å². The number of hydrogen-bond donors (Lipinski definition) is 24. The van der Waals surface area contributed by atoms with Crippen LogP contribution in [0.5, 0.6) is 0 Å². The van der Waals surface area contributed by atoms with Gasteiger partial charge in [0.15, 0.2) is 25.2 Å². The van der Waals surface area contributed by atoms with Crippen LogP contribution in [0.3, 0.4) is 0 Å². The Bertz CT molecular complexity index is 1430. The van der Waals surface area contributed by atoms with Gasteiger partial charge in [0, 0.05) is 13.1 Å². The highest BCUT2D eigenvalue weighted by Gasteiger charge is 2.54. The molecule has 0 bridgehead atoms. The molecule has 438 valence electrons. The molecule has 0 aromatic carbocycles. The summed E-state index contributed by atoms with van der Waals surface area (Å²) < 4.78 is 43.7. The predicted octanol–water partition coefficient (Wildman–Crippen LogP) is -14.1. The lowest BCUT2D eigenvalue weighted by atomic mass is 9.96. The number of nitrogens with one attached hydrogen (secondary N) is 2. The standard InChI is InChI=1S/C42H80N2O30/c45-9-17(53)35(71-41-33(65)29(61)37(21(13-49)69-41)73-39-31(63)27(59)25(57)19(11-47)67-39)23(55)15(51)7-43-5-3-1-2-4-6-44-8-16(52)24(56)36(18(54)10-46)72-42-34(66)30(62)38(22(14-50)70-42)74-40-32(64)28(60)26(58)20(12-48)68-40/h15-66H,1-14H2/t15-,16?,17?,18?,19?,20?,21?,22?,23?,24-,25-,26+,27?,28?,29?,30?,31+,32?,33+,34-,35-,36?,37?,38+,39?,40?,41?,42?/m1/s1. The van der Waals surface area contributed by atoms with Crippen molar-refractivity contribution in [3.8, 4) is 0 Å². The van der Waals surface area contributed by atoms with Crippen LogP contribution in [-0.2, 0) is 37.9 Å². The Labute approximate surface area is 423 Å². The molecule has 32 nitrogen and oxygen atoms in total. The summed E-state index contributed by atoms with van der Waals surface area (Å²) in [5, 5.41) is 233. The van der Waals surface area contributed by atoms with Crippen molar-refractivity contribution >= 4 is 0 Å². The molecule has 0 saturated carbocycles. The van der Waals surface area contributed by atoms with Crippen molar-refractivity contribution in [3.63, 3.8) is 0 Å². The lowest BCUT2D eigenvalue weighted by Gasteiger charge is -2.46. The Hall–Kier alpha value is -1.28. The molecule has 4 rings (SSSR count). The van der Waals surface area contributed by atoms with Gasteiger partial charge in [-0.25, -0.2) is 0 Å². The van der Waals surface area contributed by atoms with Gasteiger partial charge in [-0.15, -0.1) is 0 Å². The number of hydrogen-bond acceptors (Lipinski definition) is 32. The third kappa shape index (κ3) is 16.6. The van der Waals surface area contributed by atoms with E-state index in [9.17, 15) is 112 Å². The average molecular weight is 1090 g/mol. The van der Waals surface area contributed by atoms with Crippen molar-refractivity contribution in [2.24, 2.45) is 0 Å². The minimum absolute atomic E-state index is 0.267. The Morgan fingerprint density at radius 3 is 0.973 bits per heavy atom. The summed E-state index contributed by atoms with van der Waals surface area (Å²) in [4.78, 5) is 0. The van der Waals surface area contributed by atoms with Crippen molar-refractivity contribution in [1.82, 2.24) is 10.6 Å². The molecule has 4 heterocycles. The fraction of sp³-hybridized carbons (Fsp3) is 1.00. The Morgan fingerprint density at radius 1 is 0.351 bits per heavy atom. The van der Waals surface area contributed by atoms with Crippen LogP contribution in [0.25, 0.3) is 0 Å². The average Bonchev–Trinajstić information content (AvgIpc) is 3.40. The van der Waals surface area contributed by atoms with Gasteiger partial charge in [-0.2, -0.15) is 0 Å². The highest BCUT2D eigenvalue weighted by atomic mass is 16.8. The van der Waals surface area contributed by atoms with E-state index in [-0.39, 0.29) is 13.1 Å². The molecule has 19 unspecified atom stereocenters. The van der Waals surface area contributed by atoms with Crippen molar-refractivity contribution < 1.29 is 150 Å². The summed E-state index contributed by atoms with van der Waals surface area (Å²) in [6.45, 7) is -5.34. The van der Waals surface area contributed by atoms with Gasteiger partial charge in [-0.05, 0) is 25.9 Å². The molecule has 0 radical (unpaired) electrons. The highest BCUT2D eigenvalue weighted by molar-refractivity contribution is 4.97. The summed E-state index contributed by atoms with van der Waals surface area (Å²) in [5.41, 5.74) is 0. The van der Waals surface area contributed by atoms with Crippen LogP contribution in [0.2, 0.25) is 0 Å². The third-order valence-electron chi connectivity index (χ3n) is 13.3. The van der Waals surface area contributed by atoms with Crippen LogP contribution in [-0.4, -0.2) is 350 Å². The molecule has 0 aliphatic carbocycles. The van der Waals surface area contributed by atoms with Gasteiger partial charge in [0.05, 0.1) is 51.8 Å². The van der Waals surface area contributed by atoms with E-state index in [0.717, 1.165) is 0 Å². The second-order valence-corrected chi connectivity index (χ2v) is 18.6. The Balaban J connectivity index is 1.17. The lowest BCUT2D eigenvalue weighted by molar-refractivity contribution is -0.367. The lowest BCUT2D eigenvalue weighted by Crippen LogP contribution is -2.65. The van der Waals surface area contributed by atoms with E-state index in [1.807, 2.05) is 0 Å². The maximum Gasteiger partial charge on any atom is 0.187 e. The largest absolute Gasteiger partial charge is 0.394 e. The molecule has 24 N–H and O–H groups in total. The normalized spacial score (nSPS) is 40.5. The number of rotatable bonds is 31. The summed E-state index contributed by atoms with van der Waals surface area (Å²) in [6.07, 6.45) is -48.1. The Morgan fingerprint density at radius 2 is 0.662 bits per heavy atom. The molecule has 0 aromatic heterocycles. The quantitative estimate of drug-likeness (QED) is 0.0287. The topological polar surface area (TPSA) is 543 Å². The van der Waals surface area contributed by atoms with E-state index >= 15 is 0 Å². The van der Waals surface area contributed by atoms with Crippen molar-refractivity contribution in [2.75, 3.05) is 65.8 Å². The summed E-state index contributed by atoms with van der Waals surface area (Å²) in [5.74, 6) is 0. The Kier molecular flexibility index (Phi) is 27.8. The van der Waals surface area contributed by atoms with E-state index in [1.165, 1.54) is 0 Å². The van der Waals surface area contributed by atoms with Crippen LogP contribution >= 0.6 is 0 Å². The van der Waals surface area contributed by atoms with E-state index in [2.05, 4.69) is 10.6 Å². The van der Waals surface area contributed by atoms with Gasteiger partial charge < -0.3 is 161 Å². The van der Waals surface area contributed by atoms with Crippen LogP contribution in [0.4, 0.5) is 0 Å². The maximum atomic E-state index is 10.9. The number of ether oxygens (including phenoxy) is 8. The van der Waals surface area contributed by atoms with Crippen LogP contribution < -0.4 is 10.6 Å². The van der Waals surface area contributed by atoms with E-state index < -0.39 is 211 Å². The zero-order valence-corrected chi connectivity index (χ0v) is 40.2. The van der Waals surface area contributed by atoms with Crippen LogP contribution in [0, 0.1) is 0 Å². The van der Waals surface area contributed by atoms with Gasteiger partial charge in [0.2, 0.25) is 0 Å². The summed E-state index contributed by atoms with van der Waals surface area (Å²) >= 11 is 0. The third-order valence-corrected chi connectivity index (χ3v) is 13.3. The van der Waals surface area contributed by atoms with Crippen molar-refractivity contribution in [2.45, 2.75) is 197 Å². The first-order valence-electron chi connectivity index (χ1n) is 24.3. The van der Waals surface area contributed by atoms with Crippen molar-refractivity contribution in [3.05, 3.63) is 0 Å².